The van der Waals surface area contributed by atoms with Gasteiger partial charge in [0.1, 0.15) is 6.04 Å². The van der Waals surface area contributed by atoms with Crippen molar-refractivity contribution in [1.82, 2.24) is 4.90 Å². The van der Waals surface area contributed by atoms with Crippen molar-refractivity contribution in [2.75, 3.05) is 6.54 Å². The van der Waals surface area contributed by atoms with Gasteiger partial charge >= 0.3 is 5.97 Å². The standard InChI is InChI=1S/C9H15NO3/c1-7(11)10-6-4-2-3-5-8(10)9(12)13/h8H,2-6H2,1H3,(H,12,13)/t8-/m0/s1. The Hall–Kier alpha value is -1.06. The van der Waals surface area contributed by atoms with E-state index in [1.165, 1.54) is 11.8 Å². The van der Waals surface area contributed by atoms with Crippen molar-refractivity contribution >= 4 is 11.9 Å². The van der Waals surface area contributed by atoms with Gasteiger partial charge in [0.15, 0.2) is 0 Å². The summed E-state index contributed by atoms with van der Waals surface area (Å²) in [6, 6.07) is -0.597. The number of aliphatic carboxylic acids is 1. The minimum atomic E-state index is -0.878. The lowest BCUT2D eigenvalue weighted by molar-refractivity contribution is -0.149. The van der Waals surface area contributed by atoms with Gasteiger partial charge in [-0.2, -0.15) is 0 Å². The van der Waals surface area contributed by atoms with Crippen LogP contribution in [0.1, 0.15) is 32.6 Å². The Labute approximate surface area is 77.5 Å². The predicted molar refractivity (Wildman–Crippen MR) is 47.3 cm³/mol. The second-order valence-electron chi connectivity index (χ2n) is 3.42. The molecule has 0 bridgehead atoms. The SMILES string of the molecule is CC(=O)N1CCCCC[C@H]1C(=O)O. The number of hydrogen-bond donors (Lipinski definition) is 1. The van der Waals surface area contributed by atoms with E-state index in [1.807, 2.05) is 0 Å². The number of carbonyl (C=O) groups excluding carboxylic acids is 1. The minimum Gasteiger partial charge on any atom is -0.480 e. The van der Waals surface area contributed by atoms with Gasteiger partial charge in [0.2, 0.25) is 5.91 Å². The molecule has 1 aliphatic heterocycles. The molecule has 1 saturated heterocycles. The fourth-order valence-electron chi connectivity index (χ4n) is 1.74. The first-order chi connectivity index (χ1) is 6.13. The van der Waals surface area contributed by atoms with Gasteiger partial charge in [-0.15, -0.1) is 0 Å². The summed E-state index contributed by atoms with van der Waals surface area (Å²) in [7, 11) is 0. The Morgan fingerprint density at radius 3 is 2.54 bits per heavy atom. The summed E-state index contributed by atoms with van der Waals surface area (Å²) < 4.78 is 0. The second kappa shape index (κ2) is 4.25. The van der Waals surface area contributed by atoms with Crippen LogP contribution >= 0.6 is 0 Å². The number of rotatable bonds is 1. The molecule has 0 unspecified atom stereocenters. The number of amides is 1. The van der Waals surface area contributed by atoms with Crippen molar-refractivity contribution in [2.24, 2.45) is 0 Å². The number of carboxylic acids is 1. The molecule has 4 nitrogen and oxygen atoms in total. The lowest BCUT2D eigenvalue weighted by atomic mass is 10.1. The van der Waals surface area contributed by atoms with Gasteiger partial charge in [0.25, 0.3) is 0 Å². The number of carbonyl (C=O) groups is 2. The number of nitrogens with zero attached hydrogens (tertiary/aromatic N) is 1. The largest absolute Gasteiger partial charge is 0.480 e. The molecule has 1 fully saturated rings. The zero-order valence-corrected chi connectivity index (χ0v) is 7.82. The van der Waals surface area contributed by atoms with Crippen LogP contribution in [0.25, 0.3) is 0 Å². The van der Waals surface area contributed by atoms with E-state index in [1.54, 1.807) is 0 Å². The summed E-state index contributed by atoms with van der Waals surface area (Å²) in [6.45, 7) is 2.02. The van der Waals surface area contributed by atoms with Crippen LogP contribution in [0, 0.1) is 0 Å². The zero-order valence-electron chi connectivity index (χ0n) is 7.82. The maximum atomic E-state index is 11.1. The molecule has 1 aliphatic rings. The highest BCUT2D eigenvalue weighted by molar-refractivity contribution is 5.82. The molecule has 1 rings (SSSR count). The van der Waals surface area contributed by atoms with E-state index in [0.29, 0.717) is 13.0 Å². The molecular formula is C9H15NO3. The van der Waals surface area contributed by atoms with Gasteiger partial charge in [0, 0.05) is 13.5 Å². The fraction of sp³-hybridized carbons (Fsp3) is 0.778. The van der Waals surface area contributed by atoms with Gasteiger partial charge in [-0.25, -0.2) is 4.79 Å². The van der Waals surface area contributed by atoms with Crippen molar-refractivity contribution in [3.63, 3.8) is 0 Å². The third-order valence-corrected chi connectivity index (χ3v) is 2.44. The number of hydrogen-bond acceptors (Lipinski definition) is 2. The average Bonchev–Trinajstić information content (AvgIpc) is 2.27. The first-order valence-electron chi connectivity index (χ1n) is 4.63. The summed E-state index contributed by atoms with van der Waals surface area (Å²) in [4.78, 5) is 23.4. The van der Waals surface area contributed by atoms with E-state index in [-0.39, 0.29) is 5.91 Å². The van der Waals surface area contributed by atoms with E-state index >= 15 is 0 Å². The smallest absolute Gasteiger partial charge is 0.326 e. The molecule has 0 aromatic heterocycles. The topological polar surface area (TPSA) is 57.6 Å². The van der Waals surface area contributed by atoms with Crippen molar-refractivity contribution in [1.29, 1.82) is 0 Å². The Balaban J connectivity index is 2.72. The summed E-state index contributed by atoms with van der Waals surface area (Å²) >= 11 is 0. The Kier molecular flexibility index (Phi) is 3.28. The zero-order chi connectivity index (χ0) is 9.84. The van der Waals surface area contributed by atoms with Crippen LogP contribution in [0.3, 0.4) is 0 Å². The Morgan fingerprint density at radius 2 is 2.00 bits per heavy atom. The molecule has 0 aromatic carbocycles. The second-order valence-corrected chi connectivity index (χ2v) is 3.42. The van der Waals surface area contributed by atoms with E-state index in [4.69, 9.17) is 5.11 Å². The lowest BCUT2D eigenvalue weighted by Crippen LogP contribution is -2.43. The minimum absolute atomic E-state index is 0.130. The predicted octanol–water partition coefficient (Wildman–Crippen LogP) is 0.862. The molecule has 4 heteroatoms. The van der Waals surface area contributed by atoms with Crippen LogP contribution in [0.4, 0.5) is 0 Å². The van der Waals surface area contributed by atoms with Gasteiger partial charge in [-0.3, -0.25) is 4.79 Å². The van der Waals surface area contributed by atoms with E-state index < -0.39 is 12.0 Å². The molecule has 74 valence electrons. The third kappa shape index (κ3) is 2.44. The summed E-state index contributed by atoms with van der Waals surface area (Å²) in [5.74, 6) is -1.01. The van der Waals surface area contributed by atoms with Crippen molar-refractivity contribution in [3.8, 4) is 0 Å². The molecule has 1 atom stereocenters. The van der Waals surface area contributed by atoms with Gasteiger partial charge < -0.3 is 10.0 Å². The molecule has 0 radical (unpaired) electrons. The number of likely N-dealkylation sites (tertiary alicyclic amines) is 1. The molecule has 0 saturated carbocycles. The van der Waals surface area contributed by atoms with E-state index in [9.17, 15) is 9.59 Å². The Morgan fingerprint density at radius 1 is 1.31 bits per heavy atom. The van der Waals surface area contributed by atoms with Crippen molar-refractivity contribution in [3.05, 3.63) is 0 Å². The summed E-state index contributed by atoms with van der Waals surface area (Å²) in [5, 5.41) is 8.89. The summed E-state index contributed by atoms with van der Waals surface area (Å²) in [6.07, 6.45) is 3.44. The maximum absolute atomic E-state index is 11.1. The molecule has 0 aliphatic carbocycles. The average molecular weight is 185 g/mol. The normalized spacial score (nSPS) is 23.8. The monoisotopic (exact) mass is 185 g/mol. The molecule has 1 heterocycles. The van der Waals surface area contributed by atoms with Crippen molar-refractivity contribution < 1.29 is 14.7 Å². The van der Waals surface area contributed by atoms with E-state index in [0.717, 1.165) is 19.3 Å². The van der Waals surface area contributed by atoms with Crippen molar-refractivity contribution in [2.45, 2.75) is 38.6 Å². The molecule has 1 N–H and O–H groups in total. The first-order valence-corrected chi connectivity index (χ1v) is 4.63. The van der Waals surface area contributed by atoms with Crippen LogP contribution in [0.15, 0.2) is 0 Å². The van der Waals surface area contributed by atoms with Crippen LogP contribution < -0.4 is 0 Å². The quantitative estimate of drug-likeness (QED) is 0.659. The fourth-order valence-corrected chi connectivity index (χ4v) is 1.74. The highest BCUT2D eigenvalue weighted by Gasteiger charge is 2.28. The lowest BCUT2D eigenvalue weighted by Gasteiger charge is -2.25. The third-order valence-electron chi connectivity index (χ3n) is 2.44. The highest BCUT2D eigenvalue weighted by Crippen LogP contribution is 2.16. The van der Waals surface area contributed by atoms with Crippen LogP contribution in [0.2, 0.25) is 0 Å². The highest BCUT2D eigenvalue weighted by atomic mass is 16.4. The molecule has 0 aromatic rings. The van der Waals surface area contributed by atoms with Crippen LogP contribution in [-0.4, -0.2) is 34.5 Å². The molecule has 13 heavy (non-hydrogen) atoms. The maximum Gasteiger partial charge on any atom is 0.326 e. The number of carboxylic acid groups (broad SMARTS) is 1. The van der Waals surface area contributed by atoms with Crippen LogP contribution in [0.5, 0.6) is 0 Å². The van der Waals surface area contributed by atoms with Crippen LogP contribution in [-0.2, 0) is 9.59 Å². The first kappa shape index (κ1) is 10.0. The van der Waals surface area contributed by atoms with Gasteiger partial charge in [0.05, 0.1) is 0 Å². The molecular weight excluding hydrogens is 170 g/mol. The molecule has 1 amide bonds. The van der Waals surface area contributed by atoms with Gasteiger partial charge in [-0.05, 0) is 12.8 Å². The summed E-state index contributed by atoms with van der Waals surface area (Å²) in [5.41, 5.74) is 0. The molecule has 0 spiro atoms. The van der Waals surface area contributed by atoms with E-state index in [2.05, 4.69) is 0 Å². The Bertz CT molecular complexity index is 193. The van der Waals surface area contributed by atoms with Gasteiger partial charge in [-0.1, -0.05) is 12.8 Å².